The molecule has 1 aromatic heterocycles. The van der Waals surface area contributed by atoms with Crippen molar-refractivity contribution in [2.45, 2.75) is 19.5 Å². The summed E-state index contributed by atoms with van der Waals surface area (Å²) in [6.45, 7) is 6.15. The number of hydrogen-bond acceptors (Lipinski definition) is 3. The van der Waals surface area contributed by atoms with Gasteiger partial charge >= 0.3 is 0 Å². The minimum atomic E-state index is 0.336. The summed E-state index contributed by atoms with van der Waals surface area (Å²) in [5.74, 6) is 1.14. The van der Waals surface area contributed by atoms with Gasteiger partial charge in [-0.05, 0) is 24.1 Å². The molecule has 1 saturated heterocycles. The zero-order valence-corrected chi connectivity index (χ0v) is 14.1. The molecule has 2 heterocycles. The van der Waals surface area contributed by atoms with Crippen molar-refractivity contribution in [3.05, 3.63) is 52.0 Å². The summed E-state index contributed by atoms with van der Waals surface area (Å²) >= 11 is 3.57. The number of piperazine rings is 1. The molecule has 0 radical (unpaired) electrons. The fourth-order valence-electron chi connectivity index (χ4n) is 2.93. The van der Waals surface area contributed by atoms with E-state index >= 15 is 0 Å². The van der Waals surface area contributed by atoms with Gasteiger partial charge in [0.25, 0.3) is 0 Å². The lowest BCUT2D eigenvalue weighted by molar-refractivity contribution is 0.144. The molecule has 1 aliphatic heterocycles. The second-order valence-electron chi connectivity index (χ2n) is 5.67. The maximum atomic E-state index is 4.54. The van der Waals surface area contributed by atoms with Crippen LogP contribution in [0.15, 0.2) is 35.1 Å². The van der Waals surface area contributed by atoms with E-state index in [-0.39, 0.29) is 0 Å². The third-order valence-electron chi connectivity index (χ3n) is 4.12. The van der Waals surface area contributed by atoms with E-state index < -0.39 is 0 Å². The number of aryl methyl sites for hydroxylation is 2. The van der Waals surface area contributed by atoms with Crippen molar-refractivity contribution in [2.75, 3.05) is 19.6 Å². The highest BCUT2D eigenvalue weighted by Gasteiger charge is 2.26. The maximum absolute atomic E-state index is 4.54. The summed E-state index contributed by atoms with van der Waals surface area (Å²) in [4.78, 5) is 7.05. The minimum absolute atomic E-state index is 0.336. The van der Waals surface area contributed by atoms with Gasteiger partial charge in [-0.2, -0.15) is 0 Å². The SMILES string of the molecule is Cc1cc(CN2CCNCC2c2nccn2C)ccc1Br. The molecule has 0 spiro atoms. The Morgan fingerprint density at radius 1 is 1.43 bits per heavy atom. The molecule has 3 rings (SSSR count). The maximum Gasteiger partial charge on any atom is 0.127 e. The monoisotopic (exact) mass is 348 g/mol. The fourth-order valence-corrected chi connectivity index (χ4v) is 3.17. The average Bonchev–Trinajstić information content (AvgIpc) is 2.90. The minimum Gasteiger partial charge on any atom is -0.337 e. The second kappa shape index (κ2) is 6.30. The molecule has 2 aromatic rings. The van der Waals surface area contributed by atoms with Crippen LogP contribution in [0.3, 0.4) is 0 Å². The van der Waals surface area contributed by atoms with E-state index in [2.05, 4.69) is 67.9 Å². The van der Waals surface area contributed by atoms with Crippen LogP contribution in [0.25, 0.3) is 0 Å². The Hall–Kier alpha value is -1.17. The van der Waals surface area contributed by atoms with E-state index in [1.165, 1.54) is 15.6 Å². The molecule has 1 atom stereocenters. The molecule has 5 heteroatoms. The standard InChI is InChI=1S/C16H21BrN4/c1-12-9-13(3-4-14(12)17)11-21-8-5-18-10-15(21)16-19-6-7-20(16)2/h3-4,6-7,9,15,18H,5,8,10-11H2,1-2H3. The smallest absolute Gasteiger partial charge is 0.127 e. The Morgan fingerprint density at radius 3 is 3.00 bits per heavy atom. The van der Waals surface area contributed by atoms with Gasteiger partial charge in [0.2, 0.25) is 0 Å². The van der Waals surface area contributed by atoms with Crippen LogP contribution in [0.2, 0.25) is 0 Å². The summed E-state index contributed by atoms with van der Waals surface area (Å²) in [5, 5.41) is 3.48. The highest BCUT2D eigenvalue weighted by Crippen LogP contribution is 2.24. The highest BCUT2D eigenvalue weighted by molar-refractivity contribution is 9.10. The molecule has 1 aliphatic rings. The Bertz CT molecular complexity index is 622. The molecule has 0 bridgehead atoms. The second-order valence-corrected chi connectivity index (χ2v) is 6.52. The number of nitrogens with one attached hydrogen (secondary N) is 1. The van der Waals surface area contributed by atoms with Gasteiger partial charge in [-0.25, -0.2) is 4.98 Å². The summed E-state index contributed by atoms with van der Waals surface area (Å²) in [5.41, 5.74) is 2.65. The molecule has 112 valence electrons. The molecular weight excluding hydrogens is 328 g/mol. The zero-order chi connectivity index (χ0) is 14.8. The molecule has 21 heavy (non-hydrogen) atoms. The summed E-state index contributed by atoms with van der Waals surface area (Å²) in [6, 6.07) is 6.95. The normalized spacial score (nSPS) is 19.9. The van der Waals surface area contributed by atoms with Crippen molar-refractivity contribution in [2.24, 2.45) is 7.05 Å². The fraction of sp³-hybridized carbons (Fsp3) is 0.438. The van der Waals surface area contributed by atoms with E-state index in [0.717, 1.165) is 32.0 Å². The molecule has 1 unspecified atom stereocenters. The molecule has 1 aromatic carbocycles. The Kier molecular flexibility index (Phi) is 4.42. The molecule has 0 saturated carbocycles. The lowest BCUT2D eigenvalue weighted by Crippen LogP contribution is -2.46. The number of halogens is 1. The van der Waals surface area contributed by atoms with Gasteiger partial charge in [-0.15, -0.1) is 0 Å². The van der Waals surface area contributed by atoms with Gasteiger partial charge in [0, 0.05) is 50.1 Å². The lowest BCUT2D eigenvalue weighted by Gasteiger charge is -2.35. The first kappa shape index (κ1) is 14.8. The third-order valence-corrected chi connectivity index (χ3v) is 5.01. The Morgan fingerprint density at radius 2 is 2.29 bits per heavy atom. The summed E-state index contributed by atoms with van der Waals surface area (Å²) < 4.78 is 3.30. The molecule has 1 N–H and O–H groups in total. The molecule has 0 aliphatic carbocycles. The molecular formula is C16H21BrN4. The van der Waals surface area contributed by atoms with Gasteiger partial charge in [-0.1, -0.05) is 28.1 Å². The van der Waals surface area contributed by atoms with Gasteiger partial charge in [0.15, 0.2) is 0 Å². The topological polar surface area (TPSA) is 33.1 Å². The van der Waals surface area contributed by atoms with Crippen molar-refractivity contribution >= 4 is 15.9 Å². The predicted molar refractivity (Wildman–Crippen MR) is 88.1 cm³/mol. The molecule has 0 amide bonds. The number of aromatic nitrogens is 2. The van der Waals surface area contributed by atoms with Crippen LogP contribution in [0.1, 0.15) is 23.0 Å². The van der Waals surface area contributed by atoms with Crippen LogP contribution in [0.5, 0.6) is 0 Å². The number of nitrogens with zero attached hydrogens (tertiary/aromatic N) is 3. The molecule has 4 nitrogen and oxygen atoms in total. The number of benzene rings is 1. The van der Waals surface area contributed by atoms with Crippen molar-refractivity contribution in [3.8, 4) is 0 Å². The number of hydrogen-bond donors (Lipinski definition) is 1. The quantitative estimate of drug-likeness (QED) is 0.925. The molecule has 1 fully saturated rings. The largest absolute Gasteiger partial charge is 0.337 e. The van der Waals surface area contributed by atoms with E-state index in [1.54, 1.807) is 0 Å². The van der Waals surface area contributed by atoms with Gasteiger partial charge in [-0.3, -0.25) is 4.90 Å². The van der Waals surface area contributed by atoms with Gasteiger partial charge in [0.05, 0.1) is 6.04 Å². The van der Waals surface area contributed by atoms with E-state index in [9.17, 15) is 0 Å². The first-order valence-electron chi connectivity index (χ1n) is 7.32. The van der Waals surface area contributed by atoms with Crippen molar-refractivity contribution in [3.63, 3.8) is 0 Å². The summed E-state index contributed by atoms with van der Waals surface area (Å²) in [7, 11) is 2.07. The van der Waals surface area contributed by atoms with Crippen LogP contribution >= 0.6 is 15.9 Å². The zero-order valence-electron chi connectivity index (χ0n) is 12.5. The van der Waals surface area contributed by atoms with Gasteiger partial charge in [0.1, 0.15) is 5.82 Å². The van der Waals surface area contributed by atoms with E-state index in [1.807, 2.05) is 12.4 Å². The van der Waals surface area contributed by atoms with Crippen molar-refractivity contribution in [1.29, 1.82) is 0 Å². The van der Waals surface area contributed by atoms with Crippen molar-refractivity contribution < 1.29 is 0 Å². The number of imidazole rings is 1. The average molecular weight is 349 g/mol. The van der Waals surface area contributed by atoms with Crippen LogP contribution < -0.4 is 5.32 Å². The van der Waals surface area contributed by atoms with Crippen LogP contribution in [0.4, 0.5) is 0 Å². The van der Waals surface area contributed by atoms with Crippen LogP contribution in [0, 0.1) is 6.92 Å². The Labute approximate surface area is 134 Å². The first-order chi connectivity index (χ1) is 10.1. The first-order valence-corrected chi connectivity index (χ1v) is 8.11. The predicted octanol–water partition coefficient (Wildman–Crippen LogP) is 2.64. The van der Waals surface area contributed by atoms with Crippen LogP contribution in [-0.4, -0.2) is 34.1 Å². The lowest BCUT2D eigenvalue weighted by atomic mass is 10.1. The highest BCUT2D eigenvalue weighted by atomic mass is 79.9. The number of rotatable bonds is 3. The van der Waals surface area contributed by atoms with Gasteiger partial charge < -0.3 is 9.88 Å². The van der Waals surface area contributed by atoms with Crippen LogP contribution in [-0.2, 0) is 13.6 Å². The third kappa shape index (κ3) is 3.20. The van der Waals surface area contributed by atoms with E-state index in [4.69, 9.17) is 0 Å². The summed E-state index contributed by atoms with van der Waals surface area (Å²) in [6.07, 6.45) is 3.90. The van der Waals surface area contributed by atoms with E-state index in [0.29, 0.717) is 6.04 Å². The van der Waals surface area contributed by atoms with Crippen molar-refractivity contribution in [1.82, 2.24) is 19.8 Å². The Balaban J connectivity index is 1.81.